The fraction of sp³-hybridized carbons (Fsp3) is 0.571. The van der Waals surface area contributed by atoms with Crippen LogP contribution >= 0.6 is 0 Å². The summed E-state index contributed by atoms with van der Waals surface area (Å²) in [5.41, 5.74) is 0.350. The van der Waals surface area contributed by atoms with Gasteiger partial charge in [0, 0.05) is 24.2 Å². The average Bonchev–Trinajstić information content (AvgIpc) is 2.83. The van der Waals surface area contributed by atoms with Gasteiger partial charge in [-0.2, -0.15) is 0 Å². The molecule has 0 saturated heterocycles. The maximum atomic E-state index is 10.5. The highest BCUT2D eigenvalue weighted by Gasteiger charge is 2.27. The minimum atomic E-state index is -0.410. The Morgan fingerprint density at radius 3 is 2.53 bits per heavy atom. The Kier molecular flexibility index (Phi) is 4.37. The monoisotopic (exact) mass is 264 g/mol. The van der Waals surface area contributed by atoms with Crippen LogP contribution in [0.3, 0.4) is 0 Å². The molecule has 1 fully saturated rings. The summed E-state index contributed by atoms with van der Waals surface area (Å²) in [7, 11) is 0. The second kappa shape index (κ2) is 6.02. The lowest BCUT2D eigenvalue weighted by molar-refractivity contribution is -0.384. The number of nitro groups is 1. The first-order valence-electron chi connectivity index (χ1n) is 6.71. The summed E-state index contributed by atoms with van der Waals surface area (Å²) in [6.07, 6.45) is 5.05. The van der Waals surface area contributed by atoms with E-state index in [1.807, 2.05) is 0 Å². The summed E-state index contributed by atoms with van der Waals surface area (Å²) in [6, 6.07) is 6.19. The SMILES string of the molecule is CC1(NCCOc2ccc([N+](=O)[O-])cc2)CCCC1. The number of benzene rings is 1. The standard InChI is InChI=1S/C14H20N2O3/c1-14(8-2-3-9-14)15-10-11-19-13-6-4-12(5-7-13)16(17)18/h4-7,15H,2-3,8-11H2,1H3. The molecule has 0 aliphatic heterocycles. The van der Waals surface area contributed by atoms with Crippen LogP contribution in [0.2, 0.25) is 0 Å². The Hall–Kier alpha value is -1.62. The van der Waals surface area contributed by atoms with E-state index in [0.29, 0.717) is 12.4 Å². The van der Waals surface area contributed by atoms with Crippen LogP contribution < -0.4 is 10.1 Å². The van der Waals surface area contributed by atoms with Gasteiger partial charge in [0.1, 0.15) is 12.4 Å². The van der Waals surface area contributed by atoms with Crippen LogP contribution in [0.1, 0.15) is 32.6 Å². The van der Waals surface area contributed by atoms with Gasteiger partial charge in [-0.3, -0.25) is 10.1 Å². The van der Waals surface area contributed by atoms with E-state index in [1.54, 1.807) is 12.1 Å². The van der Waals surface area contributed by atoms with Crippen molar-refractivity contribution in [1.29, 1.82) is 0 Å². The Morgan fingerprint density at radius 1 is 1.32 bits per heavy atom. The molecule has 1 saturated carbocycles. The highest BCUT2D eigenvalue weighted by atomic mass is 16.6. The molecule has 1 aromatic carbocycles. The van der Waals surface area contributed by atoms with Crippen molar-refractivity contribution < 1.29 is 9.66 Å². The van der Waals surface area contributed by atoms with Gasteiger partial charge < -0.3 is 10.1 Å². The van der Waals surface area contributed by atoms with E-state index in [2.05, 4.69) is 12.2 Å². The molecule has 2 rings (SSSR count). The van der Waals surface area contributed by atoms with Crippen molar-refractivity contribution in [3.05, 3.63) is 34.4 Å². The summed E-state index contributed by atoms with van der Waals surface area (Å²) in [4.78, 5) is 10.1. The summed E-state index contributed by atoms with van der Waals surface area (Å²) in [6.45, 7) is 3.63. The number of nitrogens with zero attached hydrogens (tertiary/aromatic N) is 1. The highest BCUT2D eigenvalue weighted by Crippen LogP contribution is 2.28. The van der Waals surface area contributed by atoms with Crippen molar-refractivity contribution in [2.75, 3.05) is 13.2 Å². The Labute approximate surface area is 113 Å². The third kappa shape index (κ3) is 3.92. The van der Waals surface area contributed by atoms with Gasteiger partial charge in [0.05, 0.1) is 4.92 Å². The Bertz CT molecular complexity index is 425. The van der Waals surface area contributed by atoms with E-state index < -0.39 is 4.92 Å². The van der Waals surface area contributed by atoms with Gasteiger partial charge in [-0.1, -0.05) is 12.8 Å². The van der Waals surface area contributed by atoms with Gasteiger partial charge in [0.2, 0.25) is 0 Å². The number of nitro benzene ring substituents is 1. The Balaban J connectivity index is 1.72. The molecule has 0 amide bonds. The maximum Gasteiger partial charge on any atom is 0.269 e. The zero-order chi connectivity index (χ0) is 13.7. The molecule has 1 aliphatic rings. The van der Waals surface area contributed by atoms with Gasteiger partial charge in [0.25, 0.3) is 5.69 Å². The smallest absolute Gasteiger partial charge is 0.269 e. The molecule has 0 unspecified atom stereocenters. The van der Waals surface area contributed by atoms with E-state index >= 15 is 0 Å². The molecule has 104 valence electrons. The minimum Gasteiger partial charge on any atom is -0.492 e. The van der Waals surface area contributed by atoms with Crippen molar-refractivity contribution in [2.24, 2.45) is 0 Å². The highest BCUT2D eigenvalue weighted by molar-refractivity contribution is 5.35. The first-order valence-corrected chi connectivity index (χ1v) is 6.71. The number of hydrogen-bond donors (Lipinski definition) is 1. The van der Waals surface area contributed by atoms with Crippen LogP contribution in [0.5, 0.6) is 5.75 Å². The number of ether oxygens (including phenoxy) is 1. The lowest BCUT2D eigenvalue weighted by Crippen LogP contribution is -2.41. The van der Waals surface area contributed by atoms with Gasteiger partial charge in [-0.05, 0) is 31.9 Å². The molecule has 5 nitrogen and oxygen atoms in total. The summed E-state index contributed by atoms with van der Waals surface area (Å²) in [5.74, 6) is 0.670. The van der Waals surface area contributed by atoms with Crippen molar-refractivity contribution in [3.63, 3.8) is 0 Å². The van der Waals surface area contributed by atoms with E-state index in [4.69, 9.17) is 4.74 Å². The lowest BCUT2D eigenvalue weighted by atomic mass is 10.0. The van der Waals surface area contributed by atoms with Crippen LogP contribution in [0.4, 0.5) is 5.69 Å². The van der Waals surface area contributed by atoms with Crippen molar-refractivity contribution in [2.45, 2.75) is 38.1 Å². The molecule has 0 radical (unpaired) electrons. The van der Waals surface area contributed by atoms with Crippen LogP contribution in [0.15, 0.2) is 24.3 Å². The Morgan fingerprint density at radius 2 is 1.95 bits per heavy atom. The predicted octanol–water partition coefficient (Wildman–Crippen LogP) is 2.90. The zero-order valence-corrected chi connectivity index (χ0v) is 11.2. The molecular formula is C14H20N2O3. The number of rotatable bonds is 6. The lowest BCUT2D eigenvalue weighted by Gasteiger charge is -2.25. The fourth-order valence-corrected chi connectivity index (χ4v) is 2.52. The second-order valence-electron chi connectivity index (χ2n) is 5.29. The van der Waals surface area contributed by atoms with Gasteiger partial charge in [-0.25, -0.2) is 0 Å². The third-order valence-electron chi connectivity index (χ3n) is 3.68. The summed E-state index contributed by atoms with van der Waals surface area (Å²) in [5, 5.41) is 14.0. The first-order chi connectivity index (χ1) is 9.09. The molecule has 1 aromatic rings. The quantitative estimate of drug-likeness (QED) is 0.487. The van der Waals surface area contributed by atoms with E-state index in [0.717, 1.165) is 6.54 Å². The van der Waals surface area contributed by atoms with E-state index in [1.165, 1.54) is 37.8 Å². The van der Waals surface area contributed by atoms with Crippen LogP contribution in [0.25, 0.3) is 0 Å². The molecule has 0 heterocycles. The number of hydrogen-bond acceptors (Lipinski definition) is 4. The predicted molar refractivity (Wildman–Crippen MR) is 73.5 cm³/mol. The maximum absolute atomic E-state index is 10.5. The third-order valence-corrected chi connectivity index (χ3v) is 3.68. The molecule has 5 heteroatoms. The first kappa shape index (κ1) is 13.8. The molecule has 1 N–H and O–H groups in total. The second-order valence-corrected chi connectivity index (χ2v) is 5.29. The molecule has 1 aliphatic carbocycles. The fourth-order valence-electron chi connectivity index (χ4n) is 2.52. The minimum absolute atomic E-state index is 0.0870. The molecule has 19 heavy (non-hydrogen) atoms. The average molecular weight is 264 g/mol. The van der Waals surface area contributed by atoms with Gasteiger partial charge in [0.15, 0.2) is 0 Å². The van der Waals surface area contributed by atoms with Crippen molar-refractivity contribution >= 4 is 5.69 Å². The zero-order valence-electron chi connectivity index (χ0n) is 11.2. The van der Waals surface area contributed by atoms with E-state index in [-0.39, 0.29) is 11.2 Å². The van der Waals surface area contributed by atoms with Crippen LogP contribution in [0, 0.1) is 10.1 Å². The topological polar surface area (TPSA) is 64.4 Å². The normalized spacial score (nSPS) is 17.3. The molecule has 0 aromatic heterocycles. The molecule has 0 atom stereocenters. The number of nitrogens with one attached hydrogen (secondary N) is 1. The molecular weight excluding hydrogens is 244 g/mol. The van der Waals surface area contributed by atoms with Gasteiger partial charge >= 0.3 is 0 Å². The molecule has 0 spiro atoms. The van der Waals surface area contributed by atoms with Crippen LogP contribution in [-0.2, 0) is 0 Å². The number of non-ortho nitro benzene ring substituents is 1. The van der Waals surface area contributed by atoms with Crippen LogP contribution in [-0.4, -0.2) is 23.6 Å². The van der Waals surface area contributed by atoms with Gasteiger partial charge in [-0.15, -0.1) is 0 Å². The van der Waals surface area contributed by atoms with Crippen molar-refractivity contribution in [1.82, 2.24) is 5.32 Å². The van der Waals surface area contributed by atoms with E-state index in [9.17, 15) is 10.1 Å². The summed E-state index contributed by atoms with van der Waals surface area (Å²) < 4.78 is 5.56. The van der Waals surface area contributed by atoms with Crippen molar-refractivity contribution in [3.8, 4) is 5.75 Å². The summed E-state index contributed by atoms with van der Waals surface area (Å²) >= 11 is 0. The largest absolute Gasteiger partial charge is 0.492 e. The molecule has 0 bridgehead atoms.